The number of rotatable bonds is 6. The average molecular weight is 356 g/mol. The number of para-hydroxylation sites is 1. The summed E-state index contributed by atoms with van der Waals surface area (Å²) in [7, 11) is 1.59. The normalized spacial score (nSPS) is 16.6. The summed E-state index contributed by atoms with van der Waals surface area (Å²) in [6.07, 6.45) is 0.165. The lowest BCUT2D eigenvalue weighted by Gasteiger charge is -2.18. The third-order valence-corrected chi connectivity index (χ3v) is 4.55. The van der Waals surface area contributed by atoms with E-state index < -0.39 is 5.92 Å². The molecule has 1 atom stereocenters. The van der Waals surface area contributed by atoms with Gasteiger partial charge in [-0.25, -0.2) is 4.39 Å². The molecule has 2 aromatic carbocycles. The number of ether oxygens (including phenoxy) is 1. The lowest BCUT2D eigenvalue weighted by Crippen LogP contribution is -2.32. The van der Waals surface area contributed by atoms with Crippen molar-refractivity contribution in [2.75, 3.05) is 13.7 Å². The van der Waals surface area contributed by atoms with Crippen molar-refractivity contribution in [1.82, 2.24) is 10.2 Å². The number of benzene rings is 2. The van der Waals surface area contributed by atoms with Gasteiger partial charge in [0.25, 0.3) is 0 Å². The van der Waals surface area contributed by atoms with Crippen LogP contribution in [0.3, 0.4) is 0 Å². The van der Waals surface area contributed by atoms with Crippen molar-refractivity contribution >= 4 is 11.8 Å². The highest BCUT2D eigenvalue weighted by molar-refractivity contribution is 5.89. The number of carbonyl (C=O) groups excluding carboxylic acids is 2. The number of nitrogens with one attached hydrogen (secondary N) is 1. The molecule has 5 nitrogen and oxygen atoms in total. The quantitative estimate of drug-likeness (QED) is 0.865. The summed E-state index contributed by atoms with van der Waals surface area (Å²) in [4.78, 5) is 26.3. The SMILES string of the molecule is COc1ccccc1CN1C[C@@H](C(=O)NCc2ccccc2F)CC1=O. The molecule has 1 N–H and O–H groups in total. The van der Waals surface area contributed by atoms with Gasteiger partial charge in [-0.15, -0.1) is 0 Å². The first-order valence-corrected chi connectivity index (χ1v) is 8.49. The number of hydrogen-bond acceptors (Lipinski definition) is 3. The monoisotopic (exact) mass is 356 g/mol. The van der Waals surface area contributed by atoms with E-state index in [1.165, 1.54) is 6.07 Å². The lowest BCUT2D eigenvalue weighted by atomic mass is 10.1. The van der Waals surface area contributed by atoms with Crippen molar-refractivity contribution in [2.24, 2.45) is 5.92 Å². The second-order valence-corrected chi connectivity index (χ2v) is 6.30. The van der Waals surface area contributed by atoms with Crippen molar-refractivity contribution < 1.29 is 18.7 Å². The molecule has 0 unspecified atom stereocenters. The van der Waals surface area contributed by atoms with Crippen LogP contribution in [0.1, 0.15) is 17.5 Å². The largest absolute Gasteiger partial charge is 0.496 e. The molecule has 0 saturated carbocycles. The van der Waals surface area contributed by atoms with E-state index in [0.717, 1.165) is 5.56 Å². The predicted molar refractivity (Wildman–Crippen MR) is 94.8 cm³/mol. The van der Waals surface area contributed by atoms with Gasteiger partial charge in [-0.05, 0) is 12.1 Å². The van der Waals surface area contributed by atoms with E-state index in [1.54, 1.807) is 30.2 Å². The fourth-order valence-corrected chi connectivity index (χ4v) is 3.11. The minimum atomic E-state index is -0.427. The molecule has 0 radical (unpaired) electrons. The smallest absolute Gasteiger partial charge is 0.225 e. The summed E-state index contributed by atoms with van der Waals surface area (Å²) in [5.74, 6) is -0.365. The Morgan fingerprint density at radius 3 is 2.62 bits per heavy atom. The lowest BCUT2D eigenvalue weighted by molar-refractivity contribution is -0.129. The number of likely N-dealkylation sites (tertiary alicyclic amines) is 1. The first-order valence-electron chi connectivity index (χ1n) is 8.49. The van der Waals surface area contributed by atoms with E-state index in [4.69, 9.17) is 4.74 Å². The van der Waals surface area contributed by atoms with E-state index in [9.17, 15) is 14.0 Å². The van der Waals surface area contributed by atoms with Crippen LogP contribution >= 0.6 is 0 Å². The first-order chi connectivity index (χ1) is 12.6. The van der Waals surface area contributed by atoms with E-state index >= 15 is 0 Å². The Kier molecular flexibility index (Phi) is 5.51. The average Bonchev–Trinajstić information content (AvgIpc) is 3.02. The number of amides is 2. The van der Waals surface area contributed by atoms with Gasteiger partial charge in [0.05, 0.1) is 13.0 Å². The second-order valence-electron chi connectivity index (χ2n) is 6.30. The molecule has 0 aromatic heterocycles. The third kappa shape index (κ3) is 4.02. The molecule has 2 aromatic rings. The minimum Gasteiger partial charge on any atom is -0.496 e. The summed E-state index contributed by atoms with van der Waals surface area (Å²) in [5.41, 5.74) is 1.33. The highest BCUT2D eigenvalue weighted by atomic mass is 19.1. The maximum absolute atomic E-state index is 13.6. The fourth-order valence-electron chi connectivity index (χ4n) is 3.11. The van der Waals surface area contributed by atoms with Gasteiger partial charge < -0.3 is 15.0 Å². The molecule has 0 bridgehead atoms. The van der Waals surface area contributed by atoms with Crippen molar-refractivity contribution in [2.45, 2.75) is 19.5 Å². The molecule has 1 aliphatic heterocycles. The van der Waals surface area contributed by atoms with Crippen LogP contribution < -0.4 is 10.1 Å². The van der Waals surface area contributed by atoms with Gasteiger partial charge in [0, 0.05) is 37.2 Å². The summed E-state index contributed by atoms with van der Waals surface area (Å²) in [5, 5.41) is 2.73. The molecule has 136 valence electrons. The molecule has 1 heterocycles. The Hall–Kier alpha value is -2.89. The number of carbonyl (C=O) groups is 2. The van der Waals surface area contributed by atoms with Crippen molar-refractivity contribution in [3.05, 3.63) is 65.5 Å². The molecule has 1 aliphatic rings. The van der Waals surface area contributed by atoms with Gasteiger partial charge >= 0.3 is 0 Å². The van der Waals surface area contributed by atoms with E-state index in [1.807, 2.05) is 24.3 Å². The number of nitrogens with zero attached hydrogens (tertiary/aromatic N) is 1. The van der Waals surface area contributed by atoms with Crippen molar-refractivity contribution in [1.29, 1.82) is 0 Å². The van der Waals surface area contributed by atoms with Gasteiger partial charge in [0.1, 0.15) is 11.6 Å². The standard InChI is InChI=1S/C20H21FN2O3/c1-26-18-9-5-3-7-15(18)12-23-13-16(10-19(23)24)20(25)22-11-14-6-2-4-8-17(14)21/h2-9,16H,10-13H2,1H3,(H,22,25)/t16-/m0/s1. The maximum Gasteiger partial charge on any atom is 0.225 e. The second kappa shape index (κ2) is 7.99. The Morgan fingerprint density at radius 1 is 1.19 bits per heavy atom. The Bertz CT molecular complexity index is 809. The predicted octanol–water partition coefficient (Wildman–Crippen LogP) is 2.50. The summed E-state index contributed by atoms with van der Waals surface area (Å²) < 4.78 is 18.9. The molecular weight excluding hydrogens is 335 g/mol. The highest BCUT2D eigenvalue weighted by Crippen LogP contribution is 2.24. The summed E-state index contributed by atoms with van der Waals surface area (Å²) in [6.45, 7) is 0.864. The van der Waals surface area contributed by atoms with Crippen molar-refractivity contribution in [3.63, 3.8) is 0 Å². The minimum absolute atomic E-state index is 0.0676. The maximum atomic E-state index is 13.6. The first kappa shape index (κ1) is 17.9. The number of halogens is 1. The summed E-state index contributed by atoms with van der Waals surface area (Å²) >= 11 is 0. The van der Waals surface area contributed by atoms with Gasteiger partial charge in [0.2, 0.25) is 11.8 Å². The van der Waals surface area contributed by atoms with Gasteiger partial charge in [-0.2, -0.15) is 0 Å². The van der Waals surface area contributed by atoms with E-state index in [-0.39, 0.29) is 30.6 Å². The van der Waals surface area contributed by atoms with Crippen LogP contribution in [-0.4, -0.2) is 30.4 Å². The zero-order chi connectivity index (χ0) is 18.5. The van der Waals surface area contributed by atoms with Gasteiger partial charge in [-0.1, -0.05) is 36.4 Å². The molecule has 26 heavy (non-hydrogen) atoms. The number of methoxy groups -OCH3 is 1. The molecule has 2 amide bonds. The van der Waals surface area contributed by atoms with Crippen LogP contribution in [0.2, 0.25) is 0 Å². The van der Waals surface area contributed by atoms with Crippen LogP contribution in [0, 0.1) is 11.7 Å². The molecule has 1 saturated heterocycles. The molecule has 0 spiro atoms. The van der Waals surface area contributed by atoms with Crippen LogP contribution in [0.25, 0.3) is 0 Å². The topological polar surface area (TPSA) is 58.6 Å². The van der Waals surface area contributed by atoms with Crippen LogP contribution in [-0.2, 0) is 22.7 Å². The Balaban J connectivity index is 1.58. The molecule has 3 rings (SSSR count). The molecule has 6 heteroatoms. The van der Waals surface area contributed by atoms with Gasteiger partial charge in [-0.3, -0.25) is 9.59 Å². The van der Waals surface area contributed by atoms with Gasteiger partial charge in [0.15, 0.2) is 0 Å². The van der Waals surface area contributed by atoms with Crippen LogP contribution in [0.4, 0.5) is 4.39 Å². The molecular formula is C20H21FN2O3. The zero-order valence-corrected chi connectivity index (χ0v) is 14.6. The Morgan fingerprint density at radius 2 is 1.88 bits per heavy atom. The van der Waals surface area contributed by atoms with Crippen LogP contribution in [0.5, 0.6) is 5.75 Å². The van der Waals surface area contributed by atoms with Crippen LogP contribution in [0.15, 0.2) is 48.5 Å². The highest BCUT2D eigenvalue weighted by Gasteiger charge is 2.34. The third-order valence-electron chi connectivity index (χ3n) is 4.55. The molecule has 1 fully saturated rings. The number of hydrogen-bond donors (Lipinski definition) is 1. The Labute approximate surface area is 151 Å². The zero-order valence-electron chi connectivity index (χ0n) is 14.6. The fraction of sp³-hybridized carbons (Fsp3) is 0.300. The van der Waals surface area contributed by atoms with Crippen molar-refractivity contribution in [3.8, 4) is 5.75 Å². The molecule has 0 aliphatic carbocycles. The summed E-state index contributed by atoms with van der Waals surface area (Å²) in [6, 6.07) is 13.8. The van der Waals surface area contributed by atoms with E-state index in [0.29, 0.717) is 24.4 Å². The van der Waals surface area contributed by atoms with E-state index in [2.05, 4.69) is 5.32 Å².